The van der Waals surface area contributed by atoms with Gasteiger partial charge in [0.2, 0.25) is 0 Å². The molecular weight excluding hydrogens is 442 g/mol. The molecule has 1 aromatic heterocycles. The number of hydrogen-bond acceptors (Lipinski definition) is 6. The number of methoxy groups -OCH3 is 1. The number of nitrogens with zero attached hydrogens (tertiary/aromatic N) is 1. The van der Waals surface area contributed by atoms with Crippen LogP contribution in [0.25, 0.3) is 0 Å². The summed E-state index contributed by atoms with van der Waals surface area (Å²) < 4.78 is 4.75. The first-order chi connectivity index (χ1) is 16.9. The molecule has 0 fully saturated rings. The fourth-order valence-electron chi connectivity index (χ4n) is 3.74. The number of aliphatic hydroxyl groups is 1. The molecule has 35 heavy (non-hydrogen) atoms. The lowest BCUT2D eigenvalue weighted by atomic mass is 10.00. The van der Waals surface area contributed by atoms with Crippen molar-refractivity contribution in [3.05, 3.63) is 101 Å². The van der Waals surface area contributed by atoms with E-state index in [2.05, 4.69) is 35.5 Å². The average molecular weight is 476 g/mol. The van der Waals surface area contributed by atoms with Gasteiger partial charge in [-0.25, -0.2) is 4.79 Å². The summed E-state index contributed by atoms with van der Waals surface area (Å²) in [5.41, 5.74) is 3.80. The van der Waals surface area contributed by atoms with Gasteiger partial charge in [0, 0.05) is 31.0 Å². The minimum absolute atomic E-state index is 0.284. The third-order valence-corrected chi connectivity index (χ3v) is 5.79. The summed E-state index contributed by atoms with van der Waals surface area (Å²) in [5, 5.41) is 17.2. The van der Waals surface area contributed by atoms with Crippen LogP contribution in [-0.2, 0) is 17.7 Å². The first kappa shape index (κ1) is 26.1. The first-order valence-electron chi connectivity index (χ1n) is 11.7. The zero-order valence-corrected chi connectivity index (χ0v) is 20.4. The van der Waals surface area contributed by atoms with Gasteiger partial charge in [-0.15, -0.1) is 0 Å². The smallest absolute Gasteiger partial charge is 0.337 e. The highest BCUT2D eigenvalue weighted by Gasteiger charge is 2.23. The second-order valence-corrected chi connectivity index (χ2v) is 8.82. The average Bonchev–Trinajstić information content (AvgIpc) is 2.88. The fraction of sp³-hybridized carbons (Fsp3) is 0.321. The Labute approximate surface area is 206 Å². The van der Waals surface area contributed by atoms with Gasteiger partial charge >= 0.3 is 5.97 Å². The van der Waals surface area contributed by atoms with Crippen molar-refractivity contribution in [1.29, 1.82) is 0 Å². The van der Waals surface area contributed by atoms with Gasteiger partial charge in [0.1, 0.15) is 0 Å². The van der Waals surface area contributed by atoms with E-state index in [1.54, 1.807) is 18.2 Å². The third-order valence-electron chi connectivity index (χ3n) is 5.79. The van der Waals surface area contributed by atoms with Crippen LogP contribution in [0.2, 0.25) is 0 Å². The molecule has 3 N–H and O–H groups in total. The van der Waals surface area contributed by atoms with Crippen LogP contribution in [0.1, 0.15) is 57.2 Å². The number of aliphatic hydroxyl groups excluding tert-OH is 1. The largest absolute Gasteiger partial charge is 0.465 e. The maximum Gasteiger partial charge on any atom is 0.337 e. The Morgan fingerprint density at radius 1 is 0.971 bits per heavy atom. The monoisotopic (exact) mass is 475 g/mol. The molecule has 2 aromatic carbocycles. The van der Waals surface area contributed by atoms with Crippen LogP contribution in [-0.4, -0.2) is 47.8 Å². The van der Waals surface area contributed by atoms with E-state index in [-0.39, 0.29) is 12.5 Å². The molecule has 0 bridgehead atoms. The number of rotatable bonds is 11. The van der Waals surface area contributed by atoms with Crippen LogP contribution in [0, 0.1) is 0 Å². The summed E-state index contributed by atoms with van der Waals surface area (Å²) in [5.74, 6) is -0.499. The second kappa shape index (κ2) is 12.8. The molecule has 184 valence electrons. The van der Waals surface area contributed by atoms with Gasteiger partial charge in [-0.05, 0) is 47.2 Å². The van der Waals surface area contributed by atoms with Gasteiger partial charge < -0.3 is 20.5 Å². The Morgan fingerprint density at radius 3 is 2.43 bits per heavy atom. The number of aromatic nitrogens is 1. The highest BCUT2D eigenvalue weighted by Crippen LogP contribution is 2.14. The van der Waals surface area contributed by atoms with Crippen molar-refractivity contribution < 1.29 is 19.4 Å². The fourth-order valence-corrected chi connectivity index (χ4v) is 3.74. The number of hydrogen-bond donors (Lipinski definition) is 3. The molecule has 2 unspecified atom stereocenters. The van der Waals surface area contributed by atoms with E-state index in [1.807, 2.05) is 42.7 Å². The molecular formula is C28H33N3O4. The van der Waals surface area contributed by atoms with Gasteiger partial charge in [-0.3, -0.25) is 9.78 Å². The Morgan fingerprint density at radius 2 is 1.71 bits per heavy atom. The Bertz CT molecular complexity index is 1120. The van der Waals surface area contributed by atoms with E-state index >= 15 is 0 Å². The van der Waals surface area contributed by atoms with Crippen LogP contribution < -0.4 is 10.6 Å². The summed E-state index contributed by atoms with van der Waals surface area (Å²) >= 11 is 0. The quantitative estimate of drug-likeness (QED) is 0.367. The molecule has 3 rings (SSSR count). The Hall–Kier alpha value is -3.55. The summed E-state index contributed by atoms with van der Waals surface area (Å²) in [6.07, 6.45) is 3.28. The molecule has 3 aromatic rings. The summed E-state index contributed by atoms with van der Waals surface area (Å²) in [4.78, 5) is 29.2. The van der Waals surface area contributed by atoms with Gasteiger partial charge in [-0.2, -0.15) is 0 Å². The van der Waals surface area contributed by atoms with Crippen molar-refractivity contribution in [2.45, 2.75) is 44.9 Å². The van der Waals surface area contributed by atoms with Crippen LogP contribution in [0.15, 0.2) is 73.1 Å². The van der Waals surface area contributed by atoms with E-state index in [9.17, 15) is 14.7 Å². The molecule has 0 aliphatic rings. The van der Waals surface area contributed by atoms with Gasteiger partial charge in [0.25, 0.3) is 5.91 Å². The van der Waals surface area contributed by atoms with Crippen molar-refractivity contribution in [2.24, 2.45) is 0 Å². The van der Waals surface area contributed by atoms with Gasteiger partial charge in [0.05, 0.1) is 24.8 Å². The highest BCUT2D eigenvalue weighted by molar-refractivity contribution is 5.98. The number of benzene rings is 2. The van der Waals surface area contributed by atoms with Crippen LogP contribution in [0.4, 0.5) is 0 Å². The number of carbonyl (C=O) groups excluding carboxylic acids is 2. The van der Waals surface area contributed by atoms with E-state index < -0.39 is 18.1 Å². The van der Waals surface area contributed by atoms with Crippen molar-refractivity contribution in [3.8, 4) is 0 Å². The molecule has 0 aliphatic heterocycles. The second-order valence-electron chi connectivity index (χ2n) is 8.82. The topological polar surface area (TPSA) is 101 Å². The van der Waals surface area contributed by atoms with E-state index in [4.69, 9.17) is 4.74 Å². The molecule has 7 nitrogen and oxygen atoms in total. The Balaban J connectivity index is 1.68. The molecule has 7 heteroatoms. The lowest BCUT2D eigenvalue weighted by molar-refractivity contribution is 0.0600. The van der Waals surface area contributed by atoms with Crippen LogP contribution in [0.3, 0.4) is 0 Å². The molecule has 2 atom stereocenters. The molecule has 0 radical (unpaired) electrons. The number of esters is 1. The normalized spacial score (nSPS) is 12.7. The van der Waals surface area contributed by atoms with Crippen molar-refractivity contribution in [2.75, 3.05) is 13.7 Å². The van der Waals surface area contributed by atoms with Gasteiger partial charge in [-0.1, -0.05) is 56.3 Å². The molecule has 0 saturated carbocycles. The van der Waals surface area contributed by atoms with Crippen LogP contribution >= 0.6 is 0 Å². The molecule has 0 saturated heterocycles. The number of carbonyl (C=O) groups is 2. The van der Waals surface area contributed by atoms with Crippen molar-refractivity contribution in [3.63, 3.8) is 0 Å². The third kappa shape index (κ3) is 7.73. The maximum atomic E-state index is 13.0. The van der Waals surface area contributed by atoms with Gasteiger partial charge in [0.15, 0.2) is 0 Å². The number of nitrogens with one attached hydrogen (secondary N) is 2. The SMILES string of the molecule is COC(=O)c1cccc(C(=O)NC(Cc2ccccc2)C(O)CNCc2cncc(C(C)C)c2)c1. The predicted octanol–water partition coefficient (Wildman–Crippen LogP) is 3.48. The van der Waals surface area contributed by atoms with E-state index in [0.29, 0.717) is 30.0 Å². The number of pyridine rings is 1. The van der Waals surface area contributed by atoms with E-state index in [1.165, 1.54) is 13.2 Å². The zero-order valence-electron chi connectivity index (χ0n) is 20.4. The minimum Gasteiger partial charge on any atom is -0.465 e. The lowest BCUT2D eigenvalue weighted by Gasteiger charge is -2.25. The lowest BCUT2D eigenvalue weighted by Crippen LogP contribution is -2.48. The number of amides is 1. The highest BCUT2D eigenvalue weighted by atomic mass is 16.5. The van der Waals surface area contributed by atoms with Crippen molar-refractivity contribution in [1.82, 2.24) is 15.6 Å². The summed E-state index contributed by atoms with van der Waals surface area (Å²) in [7, 11) is 1.30. The summed E-state index contributed by atoms with van der Waals surface area (Å²) in [6.45, 7) is 5.08. The molecule has 0 spiro atoms. The maximum absolute atomic E-state index is 13.0. The molecule has 1 amide bonds. The minimum atomic E-state index is -0.843. The zero-order chi connectivity index (χ0) is 25.2. The summed E-state index contributed by atoms with van der Waals surface area (Å²) in [6, 6.07) is 17.6. The molecule has 0 aliphatic carbocycles. The first-order valence-corrected chi connectivity index (χ1v) is 11.7. The Kier molecular flexibility index (Phi) is 9.52. The van der Waals surface area contributed by atoms with Crippen molar-refractivity contribution >= 4 is 11.9 Å². The standard InChI is InChI=1S/C28H33N3O4/c1-19(2)24-12-21(15-29-17-24)16-30-18-26(32)25(13-20-8-5-4-6-9-20)31-27(33)22-10-7-11-23(14-22)28(34)35-3/h4-12,14-15,17,19,25-26,30,32H,13,16,18H2,1-3H3,(H,31,33). The molecule has 1 heterocycles. The van der Waals surface area contributed by atoms with Crippen LogP contribution in [0.5, 0.6) is 0 Å². The number of ether oxygens (including phenoxy) is 1. The predicted molar refractivity (Wildman–Crippen MR) is 135 cm³/mol. The van der Waals surface area contributed by atoms with E-state index in [0.717, 1.165) is 16.7 Å².